The van der Waals surface area contributed by atoms with Gasteiger partial charge in [-0.05, 0) is 37.1 Å². The molecule has 0 spiro atoms. The number of methoxy groups -OCH3 is 1. The molecule has 28 heavy (non-hydrogen) atoms. The number of carbonyl (C=O) groups excluding carboxylic acids is 1. The van der Waals surface area contributed by atoms with Crippen LogP contribution in [0.4, 0.5) is 4.79 Å². The molecule has 0 amide bonds. The number of carbonyl (C=O) groups is 1. The van der Waals surface area contributed by atoms with E-state index in [0.29, 0.717) is 31.4 Å². The average molecular weight is 427 g/mol. The van der Waals surface area contributed by atoms with E-state index in [1.54, 1.807) is 28.5 Å². The predicted octanol–water partition coefficient (Wildman–Crippen LogP) is 3.00. The highest BCUT2D eigenvalue weighted by atomic mass is 32.2. The van der Waals surface area contributed by atoms with Crippen LogP contribution in [0.15, 0.2) is 34.5 Å². The summed E-state index contributed by atoms with van der Waals surface area (Å²) < 4.78 is 33.2. The van der Waals surface area contributed by atoms with Crippen LogP contribution < -0.4 is 4.74 Å². The molecule has 2 aromatic rings. The molecular weight excluding hydrogens is 404 g/mol. The van der Waals surface area contributed by atoms with Crippen LogP contribution in [0, 0.1) is 0 Å². The lowest BCUT2D eigenvalue weighted by Gasteiger charge is -2.28. The number of hydroxylamine groups is 2. The van der Waals surface area contributed by atoms with E-state index < -0.39 is 16.0 Å². The molecule has 0 radical (unpaired) electrons. The van der Waals surface area contributed by atoms with E-state index in [4.69, 9.17) is 9.57 Å². The van der Waals surface area contributed by atoms with Gasteiger partial charge >= 0.3 is 6.16 Å². The quantitative estimate of drug-likeness (QED) is 0.651. The summed E-state index contributed by atoms with van der Waals surface area (Å²) in [6.45, 7) is 1.59. The van der Waals surface area contributed by atoms with Gasteiger partial charge in [0.2, 0.25) is 0 Å². The lowest BCUT2D eigenvalue weighted by atomic mass is 9.99. The second-order valence-electron chi connectivity index (χ2n) is 6.46. The molecule has 0 aliphatic carbocycles. The third kappa shape index (κ3) is 5.43. The number of piperidine rings is 1. The van der Waals surface area contributed by atoms with Gasteiger partial charge in [0.1, 0.15) is 12.4 Å². The zero-order valence-corrected chi connectivity index (χ0v) is 17.3. The van der Waals surface area contributed by atoms with Crippen LogP contribution in [0.25, 0.3) is 0 Å². The van der Waals surface area contributed by atoms with Crippen LogP contribution in [-0.4, -0.2) is 51.1 Å². The summed E-state index contributed by atoms with van der Waals surface area (Å²) in [7, 11) is -1.93. The van der Waals surface area contributed by atoms with Gasteiger partial charge in [-0.2, -0.15) is 0 Å². The first-order valence-corrected chi connectivity index (χ1v) is 11.5. The first-order valence-electron chi connectivity index (χ1n) is 8.73. The van der Waals surface area contributed by atoms with Crippen molar-refractivity contribution in [3.8, 4) is 5.75 Å². The van der Waals surface area contributed by atoms with Crippen molar-refractivity contribution < 1.29 is 27.5 Å². The molecule has 0 atom stereocenters. The maximum atomic E-state index is 11.5. The Labute approximate surface area is 167 Å². The third-order valence-electron chi connectivity index (χ3n) is 4.38. The zero-order chi connectivity index (χ0) is 20.1. The van der Waals surface area contributed by atoms with Crippen molar-refractivity contribution in [2.45, 2.75) is 30.3 Å². The molecule has 10 heteroatoms. The maximum absolute atomic E-state index is 11.5. The fraction of sp³-hybridized carbons (Fsp3) is 0.444. The Balaban J connectivity index is 1.50. The minimum Gasteiger partial charge on any atom is -0.487 e. The minimum absolute atomic E-state index is 0.262. The molecule has 152 valence electrons. The molecule has 3 rings (SSSR count). The number of thiazole rings is 1. The Bertz CT molecular complexity index is 902. The standard InChI is InChI=1S/C18H22N2O6S2/c1-24-18(21)26-20-9-7-13(8-10-20)17-19-14(12-27-17)11-25-15-3-5-16(6-4-15)28(2,22)23/h3-6,12-13H,7-11H2,1-2H3. The Kier molecular flexibility index (Phi) is 6.53. The number of hydrogen-bond donors (Lipinski definition) is 0. The van der Waals surface area contributed by atoms with Crippen molar-refractivity contribution >= 4 is 27.3 Å². The average Bonchev–Trinajstić information content (AvgIpc) is 3.15. The molecule has 0 saturated carbocycles. The van der Waals surface area contributed by atoms with Gasteiger partial charge in [-0.3, -0.25) is 0 Å². The first-order chi connectivity index (χ1) is 13.3. The van der Waals surface area contributed by atoms with E-state index in [0.717, 1.165) is 23.5 Å². The largest absolute Gasteiger partial charge is 0.527 e. The maximum Gasteiger partial charge on any atom is 0.527 e. The Morgan fingerprint density at radius 1 is 1.25 bits per heavy atom. The Morgan fingerprint density at radius 3 is 2.54 bits per heavy atom. The summed E-state index contributed by atoms with van der Waals surface area (Å²) in [6, 6.07) is 6.34. The lowest BCUT2D eigenvalue weighted by molar-refractivity contribution is -0.135. The van der Waals surface area contributed by atoms with Gasteiger partial charge < -0.3 is 14.3 Å². The number of aromatic nitrogens is 1. The normalized spacial score (nSPS) is 15.9. The van der Waals surface area contributed by atoms with Gasteiger partial charge in [0.15, 0.2) is 9.84 Å². The van der Waals surface area contributed by atoms with E-state index >= 15 is 0 Å². The van der Waals surface area contributed by atoms with E-state index in [1.165, 1.54) is 25.5 Å². The molecule has 2 heterocycles. The summed E-state index contributed by atoms with van der Waals surface area (Å²) in [5.74, 6) is 0.917. The molecule has 1 saturated heterocycles. The van der Waals surface area contributed by atoms with Gasteiger partial charge in [-0.1, -0.05) is 0 Å². The summed E-state index contributed by atoms with van der Waals surface area (Å²) in [5, 5.41) is 4.63. The number of ether oxygens (including phenoxy) is 2. The molecule has 0 bridgehead atoms. The number of sulfone groups is 1. The second kappa shape index (κ2) is 8.89. The Morgan fingerprint density at radius 2 is 1.93 bits per heavy atom. The molecule has 1 aromatic carbocycles. The van der Waals surface area contributed by atoms with E-state index in [1.807, 2.05) is 5.38 Å². The van der Waals surface area contributed by atoms with E-state index in [-0.39, 0.29) is 4.90 Å². The molecular formula is C18H22N2O6S2. The summed E-state index contributed by atoms with van der Waals surface area (Å²) in [6.07, 6.45) is 2.16. The monoisotopic (exact) mass is 426 g/mol. The molecule has 1 aliphatic heterocycles. The van der Waals surface area contributed by atoms with Crippen molar-refractivity contribution in [3.63, 3.8) is 0 Å². The topological polar surface area (TPSA) is 95.0 Å². The molecule has 8 nitrogen and oxygen atoms in total. The molecule has 0 N–H and O–H groups in total. The molecule has 1 aliphatic rings. The first kappa shape index (κ1) is 20.6. The highest BCUT2D eigenvalue weighted by molar-refractivity contribution is 7.90. The van der Waals surface area contributed by atoms with Crippen LogP contribution in [-0.2, 0) is 26.0 Å². The molecule has 1 fully saturated rings. The van der Waals surface area contributed by atoms with Gasteiger partial charge in [0.25, 0.3) is 0 Å². The SMILES string of the molecule is COC(=O)ON1CCC(c2nc(COc3ccc(S(C)(=O)=O)cc3)cs2)CC1. The number of benzene rings is 1. The minimum atomic E-state index is -3.21. The van der Waals surface area contributed by atoms with E-state index in [2.05, 4.69) is 9.72 Å². The van der Waals surface area contributed by atoms with Crippen LogP contribution >= 0.6 is 11.3 Å². The van der Waals surface area contributed by atoms with Gasteiger partial charge in [0.05, 0.1) is 22.7 Å². The summed E-state index contributed by atoms with van der Waals surface area (Å²) >= 11 is 1.60. The fourth-order valence-corrected chi connectivity index (χ4v) is 4.46. The zero-order valence-electron chi connectivity index (χ0n) is 15.7. The lowest BCUT2D eigenvalue weighted by Crippen LogP contribution is -2.35. The van der Waals surface area contributed by atoms with Gasteiger partial charge in [-0.25, -0.2) is 18.2 Å². The summed E-state index contributed by atoms with van der Waals surface area (Å²) in [4.78, 5) is 21.1. The third-order valence-corrected chi connectivity index (χ3v) is 6.57. The van der Waals surface area contributed by atoms with Crippen molar-refractivity contribution in [1.82, 2.24) is 10.0 Å². The molecule has 1 aromatic heterocycles. The van der Waals surface area contributed by atoms with Crippen LogP contribution in [0.5, 0.6) is 5.75 Å². The van der Waals surface area contributed by atoms with Crippen molar-refractivity contribution in [1.29, 1.82) is 0 Å². The van der Waals surface area contributed by atoms with Crippen molar-refractivity contribution in [2.24, 2.45) is 0 Å². The van der Waals surface area contributed by atoms with Gasteiger partial charge in [-0.15, -0.1) is 16.4 Å². The van der Waals surface area contributed by atoms with Crippen LogP contribution in [0.2, 0.25) is 0 Å². The fourth-order valence-electron chi connectivity index (χ4n) is 2.85. The Hall–Kier alpha value is -2.17. The van der Waals surface area contributed by atoms with Crippen LogP contribution in [0.1, 0.15) is 29.5 Å². The van der Waals surface area contributed by atoms with Crippen LogP contribution in [0.3, 0.4) is 0 Å². The number of rotatable bonds is 6. The van der Waals surface area contributed by atoms with Gasteiger partial charge in [0, 0.05) is 30.6 Å². The predicted molar refractivity (Wildman–Crippen MR) is 103 cm³/mol. The van der Waals surface area contributed by atoms with Crippen molar-refractivity contribution in [2.75, 3.05) is 26.5 Å². The van der Waals surface area contributed by atoms with Crippen molar-refractivity contribution in [3.05, 3.63) is 40.3 Å². The summed E-state index contributed by atoms with van der Waals surface area (Å²) in [5.41, 5.74) is 0.834. The number of nitrogens with zero attached hydrogens (tertiary/aromatic N) is 2. The second-order valence-corrected chi connectivity index (χ2v) is 9.36. The number of hydrogen-bond acceptors (Lipinski definition) is 9. The highest BCUT2D eigenvalue weighted by Crippen LogP contribution is 2.30. The molecule has 0 unspecified atom stereocenters. The van der Waals surface area contributed by atoms with E-state index in [9.17, 15) is 13.2 Å². The highest BCUT2D eigenvalue weighted by Gasteiger charge is 2.25. The smallest absolute Gasteiger partial charge is 0.487 e.